The molecule has 244 valence electrons. The van der Waals surface area contributed by atoms with Gasteiger partial charge in [0.25, 0.3) is 5.91 Å². The minimum Gasteiger partial charge on any atom is -0.494 e. The molecule has 1 amide bonds. The number of benzene rings is 2. The van der Waals surface area contributed by atoms with E-state index in [0.717, 1.165) is 23.4 Å². The average molecular weight is 634 g/mol. The monoisotopic (exact) mass is 633 g/mol. The van der Waals surface area contributed by atoms with Gasteiger partial charge in [-0.3, -0.25) is 4.79 Å². The van der Waals surface area contributed by atoms with Crippen molar-refractivity contribution in [1.29, 1.82) is 0 Å². The quantitative estimate of drug-likeness (QED) is 0.101. The van der Waals surface area contributed by atoms with E-state index < -0.39 is 0 Å². The molecule has 8 heteroatoms. The van der Waals surface area contributed by atoms with Crippen molar-refractivity contribution in [2.45, 2.75) is 123 Å². The van der Waals surface area contributed by atoms with Gasteiger partial charge in [0.05, 0.1) is 12.3 Å². The fourth-order valence-corrected chi connectivity index (χ4v) is 5.99. The SMILES string of the molecule is CCCCCCCCCCCCCCCCOc1ccc(C(=O)Nc2cccc(-c3nn4nc(C(C)(C)C)c(Cl)c4[nH]3)c2)cc1. The van der Waals surface area contributed by atoms with Crippen LogP contribution in [0.3, 0.4) is 0 Å². The van der Waals surface area contributed by atoms with Crippen LogP contribution in [0.2, 0.25) is 5.02 Å². The average Bonchev–Trinajstić information content (AvgIpc) is 3.59. The first kappa shape index (κ1) is 34.6. The Kier molecular flexibility index (Phi) is 13.4. The van der Waals surface area contributed by atoms with Crippen LogP contribution >= 0.6 is 11.6 Å². The van der Waals surface area contributed by atoms with Gasteiger partial charge in [0.15, 0.2) is 11.5 Å². The van der Waals surface area contributed by atoms with Gasteiger partial charge in [0, 0.05) is 22.2 Å². The Morgan fingerprint density at radius 2 is 1.44 bits per heavy atom. The van der Waals surface area contributed by atoms with E-state index in [4.69, 9.17) is 16.3 Å². The maximum absolute atomic E-state index is 12.9. The maximum atomic E-state index is 12.9. The highest BCUT2D eigenvalue weighted by molar-refractivity contribution is 6.34. The Morgan fingerprint density at radius 3 is 2.02 bits per heavy atom. The van der Waals surface area contributed by atoms with Crippen LogP contribution in [-0.2, 0) is 5.41 Å². The van der Waals surface area contributed by atoms with Crippen molar-refractivity contribution in [2.24, 2.45) is 0 Å². The van der Waals surface area contributed by atoms with Crippen LogP contribution < -0.4 is 10.1 Å². The molecule has 0 atom stereocenters. The number of ether oxygens (including phenoxy) is 1. The van der Waals surface area contributed by atoms with E-state index in [1.807, 2.05) is 36.4 Å². The number of carbonyl (C=O) groups excluding carboxylic acids is 1. The third kappa shape index (κ3) is 10.6. The molecule has 2 aromatic heterocycles. The van der Waals surface area contributed by atoms with Crippen molar-refractivity contribution in [2.75, 3.05) is 11.9 Å². The largest absolute Gasteiger partial charge is 0.494 e. The molecular formula is C37H52ClN5O2. The van der Waals surface area contributed by atoms with Gasteiger partial charge in [-0.25, -0.2) is 0 Å². The topological polar surface area (TPSA) is 84.3 Å². The van der Waals surface area contributed by atoms with Gasteiger partial charge in [-0.2, -0.15) is 5.10 Å². The number of amides is 1. The van der Waals surface area contributed by atoms with Crippen LogP contribution in [-0.4, -0.2) is 32.3 Å². The summed E-state index contributed by atoms with van der Waals surface area (Å²) in [6, 6.07) is 14.9. The molecule has 2 heterocycles. The number of carbonyl (C=O) groups is 1. The smallest absolute Gasteiger partial charge is 0.255 e. The van der Waals surface area contributed by atoms with Crippen molar-refractivity contribution < 1.29 is 9.53 Å². The lowest BCUT2D eigenvalue weighted by molar-refractivity contribution is 0.102. The molecule has 0 spiro atoms. The summed E-state index contributed by atoms with van der Waals surface area (Å²) in [7, 11) is 0. The zero-order chi connectivity index (χ0) is 32.1. The first-order valence-corrected chi connectivity index (χ1v) is 17.4. The molecule has 7 nitrogen and oxygen atoms in total. The number of H-pyrrole nitrogens is 1. The Hall–Kier alpha value is -3.32. The van der Waals surface area contributed by atoms with Crippen LogP contribution in [0.4, 0.5) is 5.69 Å². The second-order valence-electron chi connectivity index (χ2n) is 13.2. The zero-order valence-corrected chi connectivity index (χ0v) is 28.5. The number of aromatic nitrogens is 4. The summed E-state index contributed by atoms with van der Waals surface area (Å²) in [6.07, 6.45) is 18.8. The fourth-order valence-electron chi connectivity index (χ4n) is 5.54. The number of nitrogens with zero attached hydrogens (tertiary/aromatic N) is 3. The Bertz CT molecular complexity index is 1470. The van der Waals surface area contributed by atoms with Gasteiger partial charge in [-0.05, 0) is 42.8 Å². The zero-order valence-electron chi connectivity index (χ0n) is 27.8. The van der Waals surface area contributed by atoms with E-state index in [-0.39, 0.29) is 11.3 Å². The van der Waals surface area contributed by atoms with E-state index in [2.05, 4.69) is 48.2 Å². The number of nitrogens with one attached hydrogen (secondary N) is 2. The van der Waals surface area contributed by atoms with Gasteiger partial charge < -0.3 is 15.0 Å². The Morgan fingerprint density at radius 1 is 0.844 bits per heavy atom. The number of fused-ring (bicyclic) bond motifs is 1. The number of rotatable bonds is 19. The first-order chi connectivity index (χ1) is 21.8. The van der Waals surface area contributed by atoms with E-state index >= 15 is 0 Å². The van der Waals surface area contributed by atoms with Crippen LogP contribution in [0.15, 0.2) is 48.5 Å². The molecule has 4 rings (SSSR count). The minimum absolute atomic E-state index is 0.183. The highest BCUT2D eigenvalue weighted by Gasteiger charge is 2.25. The summed E-state index contributed by atoms with van der Waals surface area (Å²) in [6.45, 7) is 9.18. The number of hydrogen-bond donors (Lipinski definition) is 2. The van der Waals surface area contributed by atoms with E-state index in [9.17, 15) is 4.79 Å². The molecule has 2 aromatic carbocycles. The van der Waals surface area contributed by atoms with Gasteiger partial charge in [0.2, 0.25) is 0 Å². The normalized spacial score (nSPS) is 11.8. The molecule has 2 N–H and O–H groups in total. The predicted octanol–water partition coefficient (Wildman–Crippen LogP) is 10.8. The maximum Gasteiger partial charge on any atom is 0.255 e. The summed E-state index contributed by atoms with van der Waals surface area (Å²) in [5.41, 5.74) is 3.32. The van der Waals surface area contributed by atoms with Crippen LogP contribution in [0.25, 0.3) is 17.0 Å². The summed E-state index contributed by atoms with van der Waals surface area (Å²) < 4.78 is 7.46. The van der Waals surface area contributed by atoms with Crippen LogP contribution in [0.5, 0.6) is 5.75 Å². The number of halogens is 1. The molecule has 0 saturated heterocycles. The van der Waals surface area contributed by atoms with Crippen LogP contribution in [0.1, 0.15) is 134 Å². The second kappa shape index (κ2) is 17.4. The minimum atomic E-state index is -0.188. The first-order valence-electron chi connectivity index (χ1n) is 17.1. The number of hydrogen-bond acceptors (Lipinski definition) is 4. The molecule has 0 aliphatic carbocycles. The van der Waals surface area contributed by atoms with E-state index in [1.54, 1.807) is 12.1 Å². The summed E-state index contributed by atoms with van der Waals surface area (Å²) in [5, 5.41) is 12.7. The van der Waals surface area contributed by atoms with Crippen molar-refractivity contribution in [3.63, 3.8) is 0 Å². The highest BCUT2D eigenvalue weighted by atomic mass is 35.5. The van der Waals surface area contributed by atoms with Crippen molar-refractivity contribution >= 4 is 28.8 Å². The predicted molar refractivity (Wildman–Crippen MR) is 187 cm³/mol. The van der Waals surface area contributed by atoms with Gasteiger partial charge in [-0.1, -0.05) is 135 Å². The lowest BCUT2D eigenvalue weighted by Crippen LogP contribution is -2.13. The summed E-state index contributed by atoms with van der Waals surface area (Å²) >= 11 is 6.59. The van der Waals surface area contributed by atoms with Crippen molar-refractivity contribution in [3.8, 4) is 17.1 Å². The van der Waals surface area contributed by atoms with Crippen molar-refractivity contribution in [1.82, 2.24) is 19.8 Å². The van der Waals surface area contributed by atoms with Gasteiger partial charge in [-0.15, -0.1) is 9.73 Å². The Labute approximate surface area is 274 Å². The lowest BCUT2D eigenvalue weighted by atomic mass is 9.92. The molecule has 0 fully saturated rings. The molecule has 0 unspecified atom stereocenters. The number of aromatic amines is 1. The molecule has 45 heavy (non-hydrogen) atoms. The molecule has 0 bridgehead atoms. The second-order valence-corrected chi connectivity index (χ2v) is 13.6. The Balaban J connectivity index is 1.13. The highest BCUT2D eigenvalue weighted by Crippen LogP contribution is 2.32. The third-order valence-corrected chi connectivity index (χ3v) is 8.59. The van der Waals surface area contributed by atoms with Crippen molar-refractivity contribution in [3.05, 3.63) is 64.8 Å². The van der Waals surface area contributed by atoms with E-state index in [0.29, 0.717) is 34.4 Å². The molecule has 0 aliphatic heterocycles. The molecule has 4 aromatic rings. The fraction of sp³-hybridized carbons (Fsp3) is 0.541. The number of unbranched alkanes of at least 4 members (excludes halogenated alkanes) is 13. The summed E-state index contributed by atoms with van der Waals surface area (Å²) in [4.78, 5) is 16.2. The van der Waals surface area contributed by atoms with E-state index in [1.165, 1.54) is 88.1 Å². The van der Waals surface area contributed by atoms with Gasteiger partial charge in [0.1, 0.15) is 10.8 Å². The van der Waals surface area contributed by atoms with Gasteiger partial charge >= 0.3 is 0 Å². The number of anilines is 1. The standard InChI is InChI=1S/C37H52ClN5O2/c1-5-6-7-8-9-10-11-12-13-14-15-16-17-18-26-45-31-24-22-28(23-25-31)36(44)39-30-21-19-20-29(27-30)34-40-35-32(38)33(37(2,3)4)41-43(35)42-34/h19-25,27H,5-18,26H2,1-4H3,(H,39,44)(H,40,42). The molecule has 0 saturated carbocycles. The lowest BCUT2D eigenvalue weighted by Gasteiger charge is -2.14. The third-order valence-electron chi connectivity index (χ3n) is 8.23. The van der Waals surface area contributed by atoms with Crippen LogP contribution in [0, 0.1) is 0 Å². The molecular weight excluding hydrogens is 582 g/mol. The molecule has 0 aliphatic rings. The molecule has 0 radical (unpaired) electrons. The summed E-state index contributed by atoms with van der Waals surface area (Å²) in [5.74, 6) is 1.23.